The van der Waals surface area contributed by atoms with Gasteiger partial charge in [0, 0.05) is 5.75 Å². The average Bonchev–Trinajstić information content (AvgIpc) is 2.10. The molecule has 0 bridgehead atoms. The lowest BCUT2D eigenvalue weighted by atomic mass is 10.3. The molecule has 1 nitrogen and oxygen atoms in total. The smallest absolute Gasteiger partial charge is 0.305 e. The lowest BCUT2D eigenvalue weighted by Crippen LogP contribution is -2.43. The van der Waals surface area contributed by atoms with Crippen molar-refractivity contribution in [2.24, 2.45) is 0 Å². The van der Waals surface area contributed by atoms with Gasteiger partial charge in [0.1, 0.15) is 6.04 Å². The van der Waals surface area contributed by atoms with Crippen molar-refractivity contribution in [3.8, 4) is 0 Å². The SMILES string of the molecule is FC(F)(F)C1CSCCCN1. The van der Waals surface area contributed by atoms with Crippen molar-refractivity contribution >= 4 is 11.8 Å². The standard InChI is InChI=1S/C6H10F3NS/c7-6(8,9)5-4-11-3-1-2-10-5/h5,10H,1-4H2. The van der Waals surface area contributed by atoms with E-state index < -0.39 is 12.2 Å². The van der Waals surface area contributed by atoms with Crippen LogP contribution in [0.15, 0.2) is 0 Å². The molecule has 1 unspecified atom stereocenters. The van der Waals surface area contributed by atoms with Crippen molar-refractivity contribution in [1.29, 1.82) is 0 Å². The molecule has 1 heterocycles. The predicted molar refractivity (Wildman–Crippen MR) is 39.8 cm³/mol. The molecule has 0 radical (unpaired) electrons. The second-order valence-corrected chi connectivity index (χ2v) is 3.63. The number of alkyl halides is 3. The fourth-order valence-corrected chi connectivity index (χ4v) is 1.98. The highest BCUT2D eigenvalue weighted by Gasteiger charge is 2.39. The largest absolute Gasteiger partial charge is 0.404 e. The molecule has 1 aliphatic rings. The summed E-state index contributed by atoms with van der Waals surface area (Å²) in [6.45, 7) is 0.483. The Morgan fingerprint density at radius 2 is 2.09 bits per heavy atom. The van der Waals surface area contributed by atoms with Crippen molar-refractivity contribution in [3.63, 3.8) is 0 Å². The first-order chi connectivity index (χ1) is 5.11. The Hall–Kier alpha value is 0.1000. The molecule has 0 aromatic carbocycles. The summed E-state index contributed by atoms with van der Waals surface area (Å²) in [5.41, 5.74) is 0. The highest BCUT2D eigenvalue weighted by molar-refractivity contribution is 7.99. The third-order valence-corrected chi connectivity index (χ3v) is 2.68. The van der Waals surface area contributed by atoms with Crippen molar-refractivity contribution in [3.05, 3.63) is 0 Å². The van der Waals surface area contributed by atoms with Crippen molar-refractivity contribution in [2.45, 2.75) is 18.6 Å². The van der Waals surface area contributed by atoms with E-state index in [1.807, 2.05) is 0 Å². The molecule has 0 aromatic rings. The third-order valence-electron chi connectivity index (χ3n) is 1.54. The lowest BCUT2D eigenvalue weighted by Gasteiger charge is -2.18. The maximum atomic E-state index is 12.0. The highest BCUT2D eigenvalue weighted by atomic mass is 32.2. The van der Waals surface area contributed by atoms with Gasteiger partial charge in [-0.1, -0.05) is 0 Å². The third kappa shape index (κ3) is 2.91. The minimum Gasteiger partial charge on any atom is -0.305 e. The molecular formula is C6H10F3NS. The van der Waals surface area contributed by atoms with E-state index in [1.54, 1.807) is 0 Å². The number of hydrogen-bond donors (Lipinski definition) is 1. The van der Waals surface area contributed by atoms with Crippen LogP contribution in [0.2, 0.25) is 0 Å². The van der Waals surface area contributed by atoms with Crippen LogP contribution < -0.4 is 5.32 Å². The van der Waals surface area contributed by atoms with Crippen molar-refractivity contribution < 1.29 is 13.2 Å². The van der Waals surface area contributed by atoms with Gasteiger partial charge in [-0.15, -0.1) is 0 Å². The fraction of sp³-hybridized carbons (Fsp3) is 1.00. The average molecular weight is 185 g/mol. The van der Waals surface area contributed by atoms with Crippen LogP contribution in [-0.4, -0.2) is 30.3 Å². The van der Waals surface area contributed by atoms with Gasteiger partial charge in [-0.3, -0.25) is 0 Å². The first kappa shape index (κ1) is 9.19. The molecule has 11 heavy (non-hydrogen) atoms. The summed E-state index contributed by atoms with van der Waals surface area (Å²) in [5.74, 6) is 0.989. The van der Waals surface area contributed by atoms with E-state index in [0.717, 1.165) is 12.2 Å². The Morgan fingerprint density at radius 1 is 1.36 bits per heavy atom. The zero-order valence-corrected chi connectivity index (χ0v) is 6.76. The number of hydrogen-bond acceptors (Lipinski definition) is 2. The predicted octanol–water partition coefficient (Wildman–Crippen LogP) is 1.64. The summed E-state index contributed by atoms with van der Waals surface area (Å²) >= 11 is 1.37. The minimum atomic E-state index is -4.07. The zero-order valence-electron chi connectivity index (χ0n) is 5.95. The molecule has 0 aliphatic carbocycles. The van der Waals surface area contributed by atoms with E-state index in [1.165, 1.54) is 11.8 Å². The van der Waals surface area contributed by atoms with Crippen LogP contribution >= 0.6 is 11.8 Å². The molecule has 1 rings (SSSR count). The maximum absolute atomic E-state index is 12.0. The Balaban J connectivity index is 2.43. The van der Waals surface area contributed by atoms with Gasteiger partial charge >= 0.3 is 6.18 Å². The fourth-order valence-electron chi connectivity index (χ4n) is 0.921. The van der Waals surface area contributed by atoms with E-state index in [-0.39, 0.29) is 5.75 Å². The van der Waals surface area contributed by atoms with Gasteiger partial charge < -0.3 is 5.32 Å². The quantitative estimate of drug-likeness (QED) is 0.615. The Kier molecular flexibility index (Phi) is 3.06. The molecule has 1 N–H and O–H groups in total. The molecule has 1 aliphatic heterocycles. The van der Waals surface area contributed by atoms with Gasteiger partial charge in [0.2, 0.25) is 0 Å². The summed E-state index contributed by atoms with van der Waals surface area (Å²) in [6, 6.07) is -1.30. The Morgan fingerprint density at radius 3 is 2.73 bits per heavy atom. The van der Waals surface area contributed by atoms with Crippen LogP contribution in [0.1, 0.15) is 6.42 Å². The first-order valence-corrected chi connectivity index (χ1v) is 4.64. The molecule has 0 amide bonds. The molecule has 0 aromatic heterocycles. The summed E-state index contributed by atoms with van der Waals surface area (Å²) in [4.78, 5) is 0. The Bertz CT molecular complexity index is 117. The molecule has 5 heteroatoms. The van der Waals surface area contributed by atoms with Gasteiger partial charge in [0.05, 0.1) is 0 Å². The minimum absolute atomic E-state index is 0.156. The van der Waals surface area contributed by atoms with Crippen LogP contribution in [0.4, 0.5) is 13.2 Å². The normalized spacial score (nSPS) is 28.1. The summed E-state index contributed by atoms with van der Waals surface area (Å²) in [5, 5.41) is 2.48. The second kappa shape index (κ2) is 3.67. The molecule has 0 saturated carbocycles. The summed E-state index contributed by atoms with van der Waals surface area (Å²) in [7, 11) is 0. The molecule has 0 spiro atoms. The highest BCUT2D eigenvalue weighted by Crippen LogP contribution is 2.24. The van der Waals surface area contributed by atoms with E-state index in [2.05, 4.69) is 5.32 Å². The second-order valence-electron chi connectivity index (χ2n) is 2.48. The first-order valence-electron chi connectivity index (χ1n) is 3.48. The van der Waals surface area contributed by atoms with Gasteiger partial charge in [-0.05, 0) is 18.7 Å². The Labute approximate surface area is 67.7 Å². The number of nitrogens with one attached hydrogen (secondary N) is 1. The van der Waals surface area contributed by atoms with E-state index >= 15 is 0 Å². The lowest BCUT2D eigenvalue weighted by molar-refractivity contribution is -0.149. The van der Waals surface area contributed by atoms with Crippen LogP contribution in [0.3, 0.4) is 0 Å². The van der Waals surface area contributed by atoms with Crippen molar-refractivity contribution in [1.82, 2.24) is 5.32 Å². The molecule has 1 atom stereocenters. The van der Waals surface area contributed by atoms with E-state index in [0.29, 0.717) is 6.54 Å². The molecular weight excluding hydrogens is 175 g/mol. The molecule has 1 saturated heterocycles. The topological polar surface area (TPSA) is 12.0 Å². The van der Waals surface area contributed by atoms with Gasteiger partial charge in [-0.2, -0.15) is 24.9 Å². The van der Waals surface area contributed by atoms with Gasteiger partial charge in [0.25, 0.3) is 0 Å². The van der Waals surface area contributed by atoms with Gasteiger partial charge in [-0.25, -0.2) is 0 Å². The molecule has 1 fully saturated rings. The van der Waals surface area contributed by atoms with Crippen LogP contribution in [0.5, 0.6) is 0 Å². The molecule has 66 valence electrons. The summed E-state index contributed by atoms with van der Waals surface area (Å²) in [6.07, 6.45) is -3.24. The van der Waals surface area contributed by atoms with Crippen LogP contribution in [-0.2, 0) is 0 Å². The zero-order chi connectivity index (χ0) is 8.32. The maximum Gasteiger partial charge on any atom is 0.404 e. The van der Waals surface area contributed by atoms with E-state index in [9.17, 15) is 13.2 Å². The van der Waals surface area contributed by atoms with Crippen molar-refractivity contribution in [2.75, 3.05) is 18.1 Å². The van der Waals surface area contributed by atoms with E-state index in [4.69, 9.17) is 0 Å². The van der Waals surface area contributed by atoms with Gasteiger partial charge in [0.15, 0.2) is 0 Å². The monoisotopic (exact) mass is 185 g/mol. The van der Waals surface area contributed by atoms with Crippen LogP contribution in [0.25, 0.3) is 0 Å². The van der Waals surface area contributed by atoms with Crippen LogP contribution in [0, 0.1) is 0 Å². The number of halogens is 3. The number of rotatable bonds is 0. The summed E-state index contributed by atoms with van der Waals surface area (Å²) < 4.78 is 36.1. The number of thioether (sulfide) groups is 1.